The third-order valence-corrected chi connectivity index (χ3v) is 1.76. The third-order valence-electron chi connectivity index (χ3n) is 1.65. The number of hydrogen-bond acceptors (Lipinski definition) is 4. The van der Waals surface area contributed by atoms with Crippen LogP contribution in [0.4, 0.5) is 0 Å². The summed E-state index contributed by atoms with van der Waals surface area (Å²) in [6, 6.07) is -0.120. The number of hydrogen-bond donors (Lipinski definition) is 0. The van der Waals surface area contributed by atoms with E-state index in [1.54, 1.807) is 0 Å². The summed E-state index contributed by atoms with van der Waals surface area (Å²) in [6.45, 7) is 5.47. The van der Waals surface area contributed by atoms with E-state index in [9.17, 15) is 9.59 Å². The number of alkyl halides is 1. The van der Waals surface area contributed by atoms with Gasteiger partial charge in [0.05, 0.1) is 0 Å². The Hall–Kier alpha value is -0.770. The van der Waals surface area contributed by atoms with Gasteiger partial charge in [0.1, 0.15) is 5.60 Å². The topological polar surface area (TPSA) is 52.6 Å². The quantitative estimate of drug-likeness (QED) is 0.413. The van der Waals surface area contributed by atoms with Crippen LogP contribution in [0.25, 0.3) is 0 Å². The molecular weight excluding hydrogens is 232 g/mol. The Morgan fingerprint density at radius 1 is 1.06 bits per heavy atom. The average Bonchev–Trinajstić information content (AvgIpc) is 2.10. The van der Waals surface area contributed by atoms with E-state index in [1.807, 2.05) is 20.8 Å². The molecule has 16 heavy (non-hydrogen) atoms. The first kappa shape index (κ1) is 15.2. The van der Waals surface area contributed by atoms with Gasteiger partial charge in [0.15, 0.2) is 6.07 Å². The van der Waals surface area contributed by atoms with Crippen molar-refractivity contribution in [2.75, 3.05) is 6.07 Å². The molecule has 0 aromatic rings. The van der Waals surface area contributed by atoms with Crippen LogP contribution < -0.4 is 0 Å². The fourth-order valence-corrected chi connectivity index (χ4v) is 1.19. The van der Waals surface area contributed by atoms with E-state index in [2.05, 4.69) is 4.74 Å². The number of carbonyl (C=O) groups excluding carboxylic acids is 2. The van der Waals surface area contributed by atoms with E-state index in [0.29, 0.717) is 19.3 Å². The summed E-state index contributed by atoms with van der Waals surface area (Å²) >= 11 is 5.22. The average molecular weight is 251 g/mol. The molecule has 5 heteroatoms. The molecule has 0 spiro atoms. The van der Waals surface area contributed by atoms with E-state index in [1.165, 1.54) is 0 Å². The predicted molar refractivity (Wildman–Crippen MR) is 61.1 cm³/mol. The summed E-state index contributed by atoms with van der Waals surface area (Å²) in [7, 11) is 0. The molecule has 0 amide bonds. The lowest BCUT2D eigenvalue weighted by atomic mass is 10.1. The molecule has 0 N–H and O–H groups in total. The Kier molecular flexibility index (Phi) is 7.13. The first-order valence-electron chi connectivity index (χ1n) is 5.28. The van der Waals surface area contributed by atoms with Crippen molar-refractivity contribution in [1.29, 1.82) is 0 Å². The fourth-order valence-electron chi connectivity index (χ4n) is 1.06. The maximum Gasteiger partial charge on any atom is 0.306 e. The second-order valence-corrected chi connectivity index (χ2v) is 4.64. The molecule has 0 atom stereocenters. The summed E-state index contributed by atoms with van der Waals surface area (Å²) in [6.07, 6.45) is 1.84. The number of halogens is 1. The molecule has 0 bridgehead atoms. The lowest BCUT2D eigenvalue weighted by Gasteiger charge is -2.19. The molecule has 0 aromatic heterocycles. The molecule has 94 valence electrons. The number of esters is 2. The standard InChI is InChI=1S/C11H19ClO4/c1-11(2,3)16-10(14)7-5-4-6-9(13)15-8-12/h4-8H2,1-3H3. The van der Waals surface area contributed by atoms with Gasteiger partial charge in [0, 0.05) is 12.8 Å². The smallest absolute Gasteiger partial charge is 0.306 e. The minimum Gasteiger partial charge on any atom is -0.460 e. The Balaban J connectivity index is 3.52. The number of unbranched alkanes of at least 4 members (excludes halogenated alkanes) is 1. The van der Waals surface area contributed by atoms with Gasteiger partial charge in [-0.15, -0.1) is 0 Å². The second-order valence-electron chi connectivity index (χ2n) is 4.42. The highest BCUT2D eigenvalue weighted by Crippen LogP contribution is 2.10. The third kappa shape index (κ3) is 9.77. The first-order chi connectivity index (χ1) is 7.35. The Bertz CT molecular complexity index is 233. The molecule has 0 aliphatic carbocycles. The fraction of sp³-hybridized carbons (Fsp3) is 0.818. The molecule has 0 saturated carbocycles. The van der Waals surface area contributed by atoms with E-state index >= 15 is 0 Å². The van der Waals surface area contributed by atoms with Crippen LogP contribution in [0.2, 0.25) is 0 Å². The Morgan fingerprint density at radius 2 is 1.56 bits per heavy atom. The highest BCUT2D eigenvalue weighted by atomic mass is 35.5. The summed E-state index contributed by atoms with van der Waals surface area (Å²) in [5, 5.41) is 0. The normalized spacial score (nSPS) is 11.0. The molecule has 0 aliphatic heterocycles. The van der Waals surface area contributed by atoms with Gasteiger partial charge in [-0.25, -0.2) is 0 Å². The number of ether oxygens (including phenoxy) is 2. The summed E-state index contributed by atoms with van der Waals surface area (Å²) in [5.41, 5.74) is -0.450. The van der Waals surface area contributed by atoms with E-state index in [-0.39, 0.29) is 24.4 Å². The van der Waals surface area contributed by atoms with E-state index < -0.39 is 5.60 Å². The molecule has 0 aliphatic rings. The van der Waals surface area contributed by atoms with Crippen molar-refractivity contribution >= 4 is 23.5 Å². The zero-order chi connectivity index (χ0) is 12.6. The molecule has 0 aromatic carbocycles. The number of carbonyl (C=O) groups is 2. The molecule has 0 rings (SSSR count). The zero-order valence-corrected chi connectivity index (χ0v) is 10.8. The van der Waals surface area contributed by atoms with Crippen LogP contribution in [0.15, 0.2) is 0 Å². The lowest BCUT2D eigenvalue weighted by Crippen LogP contribution is -2.23. The van der Waals surface area contributed by atoms with Gasteiger partial charge < -0.3 is 9.47 Å². The van der Waals surface area contributed by atoms with Crippen LogP contribution in [0, 0.1) is 0 Å². The first-order valence-corrected chi connectivity index (χ1v) is 5.82. The maximum absolute atomic E-state index is 11.3. The highest BCUT2D eigenvalue weighted by molar-refractivity contribution is 6.17. The molecular formula is C11H19ClO4. The predicted octanol–water partition coefficient (Wildman–Crippen LogP) is 2.63. The van der Waals surface area contributed by atoms with Gasteiger partial charge in [-0.1, -0.05) is 11.6 Å². The molecule has 0 fully saturated rings. The van der Waals surface area contributed by atoms with Crippen LogP contribution in [-0.2, 0) is 19.1 Å². The summed E-state index contributed by atoms with van der Waals surface area (Å²) in [4.78, 5) is 22.2. The van der Waals surface area contributed by atoms with Gasteiger partial charge in [-0.2, -0.15) is 0 Å². The molecule has 0 saturated heterocycles. The zero-order valence-electron chi connectivity index (χ0n) is 10.0. The summed E-state index contributed by atoms with van der Waals surface area (Å²) < 4.78 is 9.66. The van der Waals surface area contributed by atoms with Crippen LogP contribution >= 0.6 is 11.6 Å². The van der Waals surface area contributed by atoms with Gasteiger partial charge in [-0.3, -0.25) is 9.59 Å². The largest absolute Gasteiger partial charge is 0.460 e. The van der Waals surface area contributed by atoms with Crippen LogP contribution in [-0.4, -0.2) is 23.6 Å². The minimum atomic E-state index is -0.450. The van der Waals surface area contributed by atoms with Gasteiger partial charge >= 0.3 is 11.9 Å². The van der Waals surface area contributed by atoms with Gasteiger partial charge in [-0.05, 0) is 33.6 Å². The lowest BCUT2D eigenvalue weighted by molar-refractivity contribution is -0.155. The molecule has 4 nitrogen and oxygen atoms in total. The van der Waals surface area contributed by atoms with E-state index in [0.717, 1.165) is 0 Å². The summed E-state index contributed by atoms with van der Waals surface area (Å²) in [5.74, 6) is -0.572. The van der Waals surface area contributed by atoms with Crippen LogP contribution in [0.3, 0.4) is 0 Å². The highest BCUT2D eigenvalue weighted by Gasteiger charge is 2.15. The second kappa shape index (κ2) is 7.49. The minimum absolute atomic E-state index is 0.120. The van der Waals surface area contributed by atoms with Crippen molar-refractivity contribution < 1.29 is 19.1 Å². The Morgan fingerprint density at radius 3 is 2.00 bits per heavy atom. The SMILES string of the molecule is CC(C)(C)OC(=O)CCCCC(=O)OCCl. The maximum atomic E-state index is 11.3. The Labute approximate surface area is 101 Å². The van der Waals surface area contributed by atoms with Crippen molar-refractivity contribution in [3.8, 4) is 0 Å². The van der Waals surface area contributed by atoms with Crippen molar-refractivity contribution in [2.45, 2.75) is 52.1 Å². The molecule has 0 radical (unpaired) electrons. The number of rotatable bonds is 6. The van der Waals surface area contributed by atoms with Crippen LogP contribution in [0.5, 0.6) is 0 Å². The van der Waals surface area contributed by atoms with Crippen molar-refractivity contribution in [3.63, 3.8) is 0 Å². The van der Waals surface area contributed by atoms with Gasteiger partial charge in [0.25, 0.3) is 0 Å². The van der Waals surface area contributed by atoms with Crippen molar-refractivity contribution in [1.82, 2.24) is 0 Å². The van der Waals surface area contributed by atoms with E-state index in [4.69, 9.17) is 16.3 Å². The van der Waals surface area contributed by atoms with Crippen molar-refractivity contribution in [2.24, 2.45) is 0 Å². The van der Waals surface area contributed by atoms with Crippen molar-refractivity contribution in [3.05, 3.63) is 0 Å². The monoisotopic (exact) mass is 250 g/mol. The molecule has 0 unspecified atom stereocenters. The molecule has 0 heterocycles. The van der Waals surface area contributed by atoms with Gasteiger partial charge in [0.2, 0.25) is 0 Å². The van der Waals surface area contributed by atoms with Crippen LogP contribution in [0.1, 0.15) is 46.5 Å².